The summed E-state index contributed by atoms with van der Waals surface area (Å²) in [4.78, 5) is 33.7. The number of nitro groups is 1. The zero-order valence-corrected chi connectivity index (χ0v) is 12.9. The summed E-state index contributed by atoms with van der Waals surface area (Å²) in [6.45, 7) is -0.520. The standard InChI is InChI=1S/C14H14N4O6/c1-17-7-9(6-15-17)14(20)24-8-13(19)16-11-4-3-10(18(21)22)5-12(11)23-2/h3-7H,8H2,1-2H3,(H,16,19). The van der Waals surface area contributed by atoms with Crippen molar-refractivity contribution in [3.05, 3.63) is 46.3 Å². The maximum Gasteiger partial charge on any atom is 0.341 e. The Balaban J connectivity index is 1.97. The van der Waals surface area contributed by atoms with Gasteiger partial charge in [-0.05, 0) is 6.07 Å². The van der Waals surface area contributed by atoms with E-state index in [0.717, 1.165) is 0 Å². The average Bonchev–Trinajstić information content (AvgIpc) is 2.99. The molecule has 10 nitrogen and oxygen atoms in total. The molecule has 1 amide bonds. The van der Waals surface area contributed by atoms with Crippen molar-refractivity contribution in [3.8, 4) is 5.75 Å². The van der Waals surface area contributed by atoms with Gasteiger partial charge in [-0.2, -0.15) is 5.10 Å². The molecule has 0 atom stereocenters. The van der Waals surface area contributed by atoms with Gasteiger partial charge in [0.2, 0.25) is 0 Å². The third-order valence-electron chi connectivity index (χ3n) is 2.94. The Labute approximate surface area is 136 Å². The molecule has 24 heavy (non-hydrogen) atoms. The number of hydrogen-bond donors (Lipinski definition) is 1. The molecule has 0 aliphatic rings. The fraction of sp³-hybridized carbons (Fsp3) is 0.214. The molecule has 0 aliphatic carbocycles. The van der Waals surface area contributed by atoms with Crippen LogP contribution in [-0.4, -0.2) is 40.3 Å². The fourth-order valence-electron chi connectivity index (χ4n) is 1.82. The van der Waals surface area contributed by atoms with Crippen LogP contribution in [0.25, 0.3) is 0 Å². The number of nitrogens with one attached hydrogen (secondary N) is 1. The van der Waals surface area contributed by atoms with Gasteiger partial charge in [-0.15, -0.1) is 0 Å². The minimum Gasteiger partial charge on any atom is -0.494 e. The highest BCUT2D eigenvalue weighted by atomic mass is 16.6. The van der Waals surface area contributed by atoms with Gasteiger partial charge in [0.05, 0.1) is 35.5 Å². The smallest absolute Gasteiger partial charge is 0.341 e. The largest absolute Gasteiger partial charge is 0.494 e. The van der Waals surface area contributed by atoms with Crippen LogP contribution >= 0.6 is 0 Å². The van der Waals surface area contributed by atoms with Crippen molar-refractivity contribution in [1.82, 2.24) is 9.78 Å². The second-order valence-electron chi connectivity index (χ2n) is 4.67. The number of hydrogen-bond acceptors (Lipinski definition) is 7. The molecule has 0 fully saturated rings. The van der Waals surface area contributed by atoms with Gasteiger partial charge in [0.25, 0.3) is 11.6 Å². The summed E-state index contributed by atoms with van der Waals surface area (Å²) in [5.74, 6) is -1.18. The summed E-state index contributed by atoms with van der Waals surface area (Å²) in [6.07, 6.45) is 2.78. The SMILES string of the molecule is COc1cc([N+](=O)[O-])ccc1NC(=O)COC(=O)c1cnn(C)c1. The molecular weight excluding hydrogens is 320 g/mol. The van der Waals surface area contributed by atoms with Crippen LogP contribution in [0.2, 0.25) is 0 Å². The monoisotopic (exact) mass is 334 g/mol. The molecule has 2 aromatic rings. The number of esters is 1. The Morgan fingerprint density at radius 1 is 1.42 bits per heavy atom. The molecule has 0 unspecified atom stereocenters. The molecule has 0 radical (unpaired) electrons. The van der Waals surface area contributed by atoms with Crippen LogP contribution in [0.4, 0.5) is 11.4 Å². The van der Waals surface area contributed by atoms with Gasteiger partial charge in [-0.3, -0.25) is 19.6 Å². The van der Waals surface area contributed by atoms with Crippen molar-refractivity contribution in [2.75, 3.05) is 19.0 Å². The third-order valence-corrected chi connectivity index (χ3v) is 2.94. The van der Waals surface area contributed by atoms with Crippen LogP contribution in [-0.2, 0) is 16.6 Å². The molecule has 1 heterocycles. The molecule has 10 heteroatoms. The summed E-state index contributed by atoms with van der Waals surface area (Å²) >= 11 is 0. The van der Waals surface area contributed by atoms with Crippen LogP contribution in [0, 0.1) is 10.1 Å². The lowest BCUT2D eigenvalue weighted by Gasteiger charge is -2.10. The van der Waals surface area contributed by atoms with E-state index in [1.54, 1.807) is 7.05 Å². The number of ether oxygens (including phenoxy) is 2. The number of amides is 1. The Kier molecular flexibility index (Phi) is 5.09. The first-order chi connectivity index (χ1) is 11.4. The van der Waals surface area contributed by atoms with Crippen molar-refractivity contribution in [2.24, 2.45) is 7.05 Å². The van der Waals surface area contributed by atoms with Crippen molar-refractivity contribution in [2.45, 2.75) is 0 Å². The Morgan fingerprint density at radius 3 is 2.75 bits per heavy atom. The number of non-ortho nitro benzene ring substituents is 1. The summed E-state index contributed by atoms with van der Waals surface area (Å²) in [7, 11) is 2.96. The molecule has 1 N–H and O–H groups in total. The summed E-state index contributed by atoms with van der Waals surface area (Å²) in [5, 5.41) is 17.0. The number of methoxy groups -OCH3 is 1. The molecule has 126 valence electrons. The van der Waals surface area contributed by atoms with Gasteiger partial charge in [0.15, 0.2) is 6.61 Å². The molecule has 1 aromatic carbocycles. The van der Waals surface area contributed by atoms with Gasteiger partial charge >= 0.3 is 5.97 Å². The summed E-state index contributed by atoms with van der Waals surface area (Å²) in [6, 6.07) is 3.73. The van der Waals surface area contributed by atoms with E-state index in [-0.39, 0.29) is 22.7 Å². The lowest BCUT2D eigenvalue weighted by molar-refractivity contribution is -0.384. The number of rotatable bonds is 6. The van der Waals surface area contributed by atoms with E-state index in [2.05, 4.69) is 10.4 Å². The third kappa shape index (κ3) is 4.06. The predicted molar refractivity (Wildman–Crippen MR) is 81.8 cm³/mol. The highest BCUT2D eigenvalue weighted by Gasteiger charge is 2.15. The number of carbonyl (C=O) groups is 2. The number of anilines is 1. The van der Waals surface area contributed by atoms with Crippen molar-refractivity contribution in [3.63, 3.8) is 0 Å². The van der Waals surface area contributed by atoms with Crippen LogP contribution in [0.3, 0.4) is 0 Å². The first-order valence-corrected chi connectivity index (χ1v) is 6.68. The van der Waals surface area contributed by atoms with E-state index in [1.807, 2.05) is 0 Å². The van der Waals surface area contributed by atoms with Crippen LogP contribution in [0.1, 0.15) is 10.4 Å². The minimum atomic E-state index is -0.686. The molecule has 0 spiro atoms. The number of aryl methyl sites for hydroxylation is 1. The van der Waals surface area contributed by atoms with E-state index < -0.39 is 23.4 Å². The molecule has 0 aliphatic heterocycles. The van der Waals surface area contributed by atoms with E-state index in [1.165, 1.54) is 42.4 Å². The van der Waals surface area contributed by atoms with Crippen molar-refractivity contribution in [1.29, 1.82) is 0 Å². The van der Waals surface area contributed by atoms with Gasteiger partial charge < -0.3 is 14.8 Å². The zero-order valence-electron chi connectivity index (χ0n) is 12.9. The van der Waals surface area contributed by atoms with Gasteiger partial charge in [-0.1, -0.05) is 0 Å². The quantitative estimate of drug-likeness (QED) is 0.477. The topological polar surface area (TPSA) is 126 Å². The Hall–Kier alpha value is -3.43. The lowest BCUT2D eigenvalue weighted by atomic mass is 10.2. The number of aromatic nitrogens is 2. The first kappa shape index (κ1) is 16.9. The Morgan fingerprint density at radius 2 is 2.17 bits per heavy atom. The van der Waals surface area contributed by atoms with E-state index in [9.17, 15) is 19.7 Å². The molecule has 1 aromatic heterocycles. The number of nitrogens with zero attached hydrogens (tertiary/aromatic N) is 3. The molecule has 0 bridgehead atoms. The number of carbonyl (C=O) groups excluding carboxylic acids is 2. The maximum atomic E-state index is 11.8. The van der Waals surface area contributed by atoms with E-state index >= 15 is 0 Å². The number of benzene rings is 1. The van der Waals surface area contributed by atoms with Gasteiger partial charge in [-0.25, -0.2) is 4.79 Å². The molecular formula is C14H14N4O6. The first-order valence-electron chi connectivity index (χ1n) is 6.68. The second kappa shape index (κ2) is 7.22. The summed E-state index contributed by atoms with van der Waals surface area (Å²) in [5.41, 5.74) is 0.275. The normalized spacial score (nSPS) is 10.1. The van der Waals surface area contributed by atoms with Crippen LogP contribution in [0.15, 0.2) is 30.6 Å². The van der Waals surface area contributed by atoms with Gasteiger partial charge in [0, 0.05) is 19.3 Å². The maximum absolute atomic E-state index is 11.8. The van der Waals surface area contributed by atoms with Crippen molar-refractivity contribution < 1.29 is 24.0 Å². The summed E-state index contributed by atoms with van der Waals surface area (Å²) < 4.78 is 11.3. The zero-order chi connectivity index (χ0) is 17.7. The van der Waals surface area contributed by atoms with E-state index in [0.29, 0.717) is 0 Å². The fourth-order valence-corrected chi connectivity index (χ4v) is 1.82. The Bertz CT molecular complexity index is 785. The molecule has 0 saturated heterocycles. The van der Waals surface area contributed by atoms with Crippen molar-refractivity contribution >= 4 is 23.3 Å². The van der Waals surface area contributed by atoms with Gasteiger partial charge in [0.1, 0.15) is 5.75 Å². The minimum absolute atomic E-state index is 0.121. The predicted octanol–water partition coefficient (Wildman–Crippen LogP) is 1.13. The van der Waals surface area contributed by atoms with Crippen LogP contribution < -0.4 is 10.1 Å². The highest BCUT2D eigenvalue weighted by molar-refractivity contribution is 5.96. The van der Waals surface area contributed by atoms with Crippen LogP contribution in [0.5, 0.6) is 5.75 Å². The second-order valence-corrected chi connectivity index (χ2v) is 4.67. The lowest BCUT2D eigenvalue weighted by Crippen LogP contribution is -2.21. The highest BCUT2D eigenvalue weighted by Crippen LogP contribution is 2.28. The average molecular weight is 334 g/mol. The number of nitro benzene ring substituents is 1. The van der Waals surface area contributed by atoms with E-state index in [4.69, 9.17) is 9.47 Å². The molecule has 0 saturated carbocycles. The molecule has 2 rings (SSSR count).